The molecule has 24 heavy (non-hydrogen) atoms. The number of hydrogen-bond acceptors (Lipinski definition) is 3. The molecule has 0 aliphatic carbocycles. The molecule has 0 bridgehead atoms. The number of benzene rings is 2. The number of hydrogen-bond donors (Lipinski definition) is 2. The summed E-state index contributed by atoms with van der Waals surface area (Å²) >= 11 is 0. The van der Waals surface area contributed by atoms with Gasteiger partial charge in [0, 0.05) is 19.0 Å². The molecule has 3 rings (SSSR count). The smallest absolute Gasteiger partial charge is 0.225 e. The minimum Gasteiger partial charge on any atom is -0.349 e. The molecule has 0 saturated carbocycles. The van der Waals surface area contributed by atoms with Gasteiger partial charge in [0.05, 0.1) is 23.6 Å². The molecule has 1 amide bonds. The van der Waals surface area contributed by atoms with Crippen molar-refractivity contribution in [3.05, 3.63) is 71.3 Å². The van der Waals surface area contributed by atoms with Crippen molar-refractivity contribution >= 4 is 5.91 Å². The average Bonchev–Trinajstić information content (AvgIpc) is 3.12. The van der Waals surface area contributed by atoms with Gasteiger partial charge in [-0.15, -0.1) is 0 Å². The Bertz CT molecular complexity index is 751. The summed E-state index contributed by atoms with van der Waals surface area (Å²) < 4.78 is 0. The fourth-order valence-electron chi connectivity index (χ4n) is 3.29. The second kappa shape index (κ2) is 7.29. The highest BCUT2D eigenvalue weighted by Crippen LogP contribution is 2.29. The Labute approximate surface area is 142 Å². The quantitative estimate of drug-likeness (QED) is 0.911. The molecule has 0 aromatic heterocycles. The minimum absolute atomic E-state index is 0.0228. The van der Waals surface area contributed by atoms with Gasteiger partial charge in [-0.25, -0.2) is 0 Å². The van der Waals surface area contributed by atoms with Crippen molar-refractivity contribution in [2.24, 2.45) is 5.92 Å². The zero-order valence-electron chi connectivity index (χ0n) is 13.7. The summed E-state index contributed by atoms with van der Waals surface area (Å²) in [6, 6.07) is 19.7. The SMILES string of the molecule is C[C@H](NC(=O)[C@@H]1CNC[C@H]1c1cccc(C#N)c1)c1ccccc1. The summed E-state index contributed by atoms with van der Waals surface area (Å²) in [6.07, 6.45) is 0. The summed E-state index contributed by atoms with van der Waals surface area (Å²) in [5.41, 5.74) is 2.78. The second-order valence-corrected chi connectivity index (χ2v) is 6.25. The molecule has 1 heterocycles. The van der Waals surface area contributed by atoms with E-state index in [0.717, 1.165) is 17.7 Å². The summed E-state index contributed by atoms with van der Waals surface area (Å²) in [4.78, 5) is 12.8. The monoisotopic (exact) mass is 319 g/mol. The fourth-order valence-corrected chi connectivity index (χ4v) is 3.29. The summed E-state index contributed by atoms with van der Waals surface area (Å²) in [5.74, 6) is 0.0371. The Hall–Kier alpha value is -2.64. The van der Waals surface area contributed by atoms with E-state index in [1.165, 1.54) is 0 Å². The predicted octanol–water partition coefficient (Wildman–Crippen LogP) is 2.74. The van der Waals surface area contributed by atoms with E-state index >= 15 is 0 Å². The van der Waals surface area contributed by atoms with Gasteiger partial charge >= 0.3 is 0 Å². The lowest BCUT2D eigenvalue weighted by atomic mass is 9.87. The van der Waals surface area contributed by atoms with Crippen LogP contribution in [0.5, 0.6) is 0 Å². The van der Waals surface area contributed by atoms with Gasteiger partial charge < -0.3 is 10.6 Å². The van der Waals surface area contributed by atoms with E-state index in [1.54, 1.807) is 6.07 Å². The van der Waals surface area contributed by atoms with Crippen molar-refractivity contribution in [1.29, 1.82) is 5.26 Å². The molecule has 122 valence electrons. The normalized spacial score (nSPS) is 21.0. The van der Waals surface area contributed by atoms with Crippen LogP contribution in [-0.2, 0) is 4.79 Å². The number of nitriles is 1. The van der Waals surface area contributed by atoms with Crippen molar-refractivity contribution in [2.45, 2.75) is 18.9 Å². The van der Waals surface area contributed by atoms with Gasteiger partial charge in [-0.3, -0.25) is 4.79 Å². The lowest BCUT2D eigenvalue weighted by Gasteiger charge is -2.22. The highest BCUT2D eigenvalue weighted by atomic mass is 16.2. The lowest BCUT2D eigenvalue weighted by molar-refractivity contribution is -0.125. The minimum atomic E-state index is -0.120. The molecule has 0 radical (unpaired) electrons. The van der Waals surface area contributed by atoms with E-state index in [9.17, 15) is 4.79 Å². The molecular weight excluding hydrogens is 298 g/mol. The Morgan fingerprint density at radius 1 is 1.21 bits per heavy atom. The predicted molar refractivity (Wildman–Crippen MR) is 93.3 cm³/mol. The van der Waals surface area contributed by atoms with Gasteiger partial charge in [0.25, 0.3) is 0 Å². The Kier molecular flexibility index (Phi) is 4.93. The first-order valence-electron chi connectivity index (χ1n) is 8.25. The molecule has 2 aromatic rings. The summed E-state index contributed by atoms with van der Waals surface area (Å²) in [6.45, 7) is 3.42. The number of carbonyl (C=O) groups is 1. The van der Waals surface area contributed by atoms with Crippen LogP contribution in [0, 0.1) is 17.2 Å². The third-order valence-electron chi connectivity index (χ3n) is 4.65. The maximum atomic E-state index is 12.8. The average molecular weight is 319 g/mol. The first-order chi connectivity index (χ1) is 11.7. The third-order valence-corrected chi connectivity index (χ3v) is 4.65. The van der Waals surface area contributed by atoms with Crippen LogP contribution >= 0.6 is 0 Å². The molecule has 3 atom stereocenters. The number of nitrogens with zero attached hydrogens (tertiary/aromatic N) is 1. The van der Waals surface area contributed by atoms with Crippen molar-refractivity contribution in [1.82, 2.24) is 10.6 Å². The van der Waals surface area contributed by atoms with Crippen LogP contribution in [0.2, 0.25) is 0 Å². The molecule has 1 fully saturated rings. The largest absolute Gasteiger partial charge is 0.349 e. The van der Waals surface area contributed by atoms with Gasteiger partial charge in [-0.2, -0.15) is 5.26 Å². The van der Waals surface area contributed by atoms with Crippen molar-refractivity contribution in [3.8, 4) is 6.07 Å². The first kappa shape index (κ1) is 16.2. The number of amides is 1. The van der Waals surface area contributed by atoms with Crippen LogP contribution < -0.4 is 10.6 Å². The maximum absolute atomic E-state index is 12.8. The zero-order valence-corrected chi connectivity index (χ0v) is 13.7. The van der Waals surface area contributed by atoms with Crippen LogP contribution in [0.3, 0.4) is 0 Å². The van der Waals surface area contributed by atoms with Crippen LogP contribution in [0.25, 0.3) is 0 Å². The molecular formula is C20H21N3O. The van der Waals surface area contributed by atoms with Crippen LogP contribution in [-0.4, -0.2) is 19.0 Å². The van der Waals surface area contributed by atoms with Gasteiger partial charge in [-0.1, -0.05) is 42.5 Å². The van der Waals surface area contributed by atoms with E-state index in [1.807, 2.05) is 55.5 Å². The number of rotatable bonds is 4. The zero-order chi connectivity index (χ0) is 16.9. The molecule has 2 N–H and O–H groups in total. The molecule has 0 spiro atoms. The number of carbonyl (C=O) groups excluding carboxylic acids is 1. The molecule has 1 aliphatic rings. The molecule has 1 saturated heterocycles. The summed E-state index contributed by atoms with van der Waals surface area (Å²) in [5, 5.41) is 15.5. The fraction of sp³-hybridized carbons (Fsp3) is 0.300. The van der Waals surface area contributed by atoms with Gasteiger partial charge in [0.2, 0.25) is 5.91 Å². The van der Waals surface area contributed by atoms with Gasteiger partial charge in [-0.05, 0) is 30.2 Å². The second-order valence-electron chi connectivity index (χ2n) is 6.25. The molecule has 0 unspecified atom stereocenters. The van der Waals surface area contributed by atoms with Crippen molar-refractivity contribution in [2.75, 3.05) is 13.1 Å². The standard InChI is InChI=1S/C20H21N3O/c1-14(16-7-3-2-4-8-16)23-20(24)19-13-22-12-18(19)17-9-5-6-15(10-17)11-21/h2-10,14,18-19,22H,12-13H2,1H3,(H,23,24)/t14-,18-,19+/m0/s1. The first-order valence-corrected chi connectivity index (χ1v) is 8.25. The Morgan fingerprint density at radius 2 is 2.00 bits per heavy atom. The van der Waals surface area contributed by atoms with E-state index in [0.29, 0.717) is 12.1 Å². The molecule has 2 aromatic carbocycles. The molecule has 4 nitrogen and oxygen atoms in total. The third kappa shape index (κ3) is 3.47. The lowest BCUT2D eigenvalue weighted by Crippen LogP contribution is -2.36. The molecule has 1 aliphatic heterocycles. The van der Waals surface area contributed by atoms with Crippen molar-refractivity contribution < 1.29 is 4.79 Å². The van der Waals surface area contributed by atoms with E-state index in [4.69, 9.17) is 5.26 Å². The topological polar surface area (TPSA) is 64.9 Å². The number of nitrogens with one attached hydrogen (secondary N) is 2. The molecule has 4 heteroatoms. The van der Waals surface area contributed by atoms with Crippen molar-refractivity contribution in [3.63, 3.8) is 0 Å². The van der Waals surface area contributed by atoms with E-state index in [-0.39, 0.29) is 23.8 Å². The van der Waals surface area contributed by atoms with E-state index in [2.05, 4.69) is 16.7 Å². The van der Waals surface area contributed by atoms with Crippen LogP contribution in [0.15, 0.2) is 54.6 Å². The van der Waals surface area contributed by atoms with Crippen LogP contribution in [0.1, 0.15) is 35.6 Å². The Morgan fingerprint density at radius 3 is 2.75 bits per heavy atom. The highest BCUT2D eigenvalue weighted by molar-refractivity contribution is 5.81. The highest BCUT2D eigenvalue weighted by Gasteiger charge is 2.34. The maximum Gasteiger partial charge on any atom is 0.225 e. The van der Waals surface area contributed by atoms with Crippen LogP contribution in [0.4, 0.5) is 0 Å². The summed E-state index contributed by atoms with van der Waals surface area (Å²) in [7, 11) is 0. The Balaban J connectivity index is 1.73. The van der Waals surface area contributed by atoms with Gasteiger partial charge in [0.1, 0.15) is 0 Å². The van der Waals surface area contributed by atoms with Gasteiger partial charge in [0.15, 0.2) is 0 Å². The van der Waals surface area contributed by atoms with E-state index < -0.39 is 0 Å².